The van der Waals surface area contributed by atoms with Crippen LogP contribution in [-0.2, 0) is 16.6 Å². The average molecular weight is 353 g/mol. The van der Waals surface area contributed by atoms with E-state index in [1.54, 1.807) is 6.07 Å². The van der Waals surface area contributed by atoms with Crippen LogP contribution in [0.3, 0.4) is 0 Å². The number of hydrogen-bond acceptors (Lipinski definition) is 3. The van der Waals surface area contributed by atoms with Crippen LogP contribution in [0.1, 0.15) is 32.8 Å². The molecule has 0 amide bonds. The average Bonchev–Trinajstić information content (AvgIpc) is 2.37. The lowest BCUT2D eigenvalue weighted by Crippen LogP contribution is -2.26. The number of hydrogen-bond donors (Lipinski definition) is 2. The summed E-state index contributed by atoms with van der Waals surface area (Å²) in [5, 5.41) is 3.74. The Balaban J connectivity index is 3.01. The molecular formula is C14H22Cl2N2O2S. The normalized spacial score (nSPS) is 12.1. The van der Waals surface area contributed by atoms with Crippen molar-refractivity contribution in [3.05, 3.63) is 27.7 Å². The fourth-order valence-corrected chi connectivity index (χ4v) is 3.71. The third-order valence-electron chi connectivity index (χ3n) is 3.01. The lowest BCUT2D eigenvalue weighted by atomic mass is 10.1. The molecule has 21 heavy (non-hydrogen) atoms. The van der Waals surface area contributed by atoms with Crippen LogP contribution < -0.4 is 10.0 Å². The van der Waals surface area contributed by atoms with Crippen molar-refractivity contribution in [1.29, 1.82) is 0 Å². The Morgan fingerprint density at radius 1 is 1.24 bits per heavy atom. The lowest BCUT2D eigenvalue weighted by Gasteiger charge is -2.13. The van der Waals surface area contributed by atoms with Crippen LogP contribution in [0.15, 0.2) is 17.0 Å². The number of nitrogens with one attached hydrogen (secondary N) is 2. The molecule has 0 unspecified atom stereocenters. The van der Waals surface area contributed by atoms with Gasteiger partial charge in [-0.15, -0.1) is 0 Å². The molecule has 0 heterocycles. The van der Waals surface area contributed by atoms with Gasteiger partial charge in [0, 0.05) is 23.7 Å². The minimum Gasteiger partial charge on any atom is -0.313 e. The lowest BCUT2D eigenvalue weighted by molar-refractivity contribution is 0.551. The summed E-state index contributed by atoms with van der Waals surface area (Å²) < 4.78 is 27.2. The van der Waals surface area contributed by atoms with E-state index < -0.39 is 10.0 Å². The van der Waals surface area contributed by atoms with E-state index >= 15 is 0 Å². The molecule has 2 N–H and O–H groups in total. The van der Waals surface area contributed by atoms with Gasteiger partial charge in [0.25, 0.3) is 0 Å². The third kappa shape index (κ3) is 5.42. The van der Waals surface area contributed by atoms with Crippen molar-refractivity contribution in [1.82, 2.24) is 10.0 Å². The molecule has 0 saturated heterocycles. The first kappa shape index (κ1) is 18.7. The third-order valence-corrected chi connectivity index (χ3v) is 5.41. The summed E-state index contributed by atoms with van der Waals surface area (Å²) in [6.07, 6.45) is 0.773. The predicted octanol–water partition coefficient (Wildman–Crippen LogP) is 3.43. The van der Waals surface area contributed by atoms with E-state index in [9.17, 15) is 8.42 Å². The molecular weight excluding hydrogens is 331 g/mol. The van der Waals surface area contributed by atoms with E-state index in [4.69, 9.17) is 23.2 Å². The molecule has 1 rings (SSSR count). The molecule has 1 aromatic carbocycles. The van der Waals surface area contributed by atoms with Crippen molar-refractivity contribution in [2.24, 2.45) is 5.92 Å². The maximum atomic E-state index is 12.3. The zero-order valence-electron chi connectivity index (χ0n) is 12.5. The maximum Gasteiger partial charge on any atom is 0.242 e. The fourth-order valence-electron chi connectivity index (χ4n) is 1.76. The van der Waals surface area contributed by atoms with Gasteiger partial charge in [-0.25, -0.2) is 13.1 Å². The summed E-state index contributed by atoms with van der Waals surface area (Å²) >= 11 is 12.3. The molecule has 120 valence electrons. The Labute approximate surface area is 137 Å². The highest BCUT2D eigenvalue weighted by atomic mass is 35.5. The van der Waals surface area contributed by atoms with Gasteiger partial charge in [-0.05, 0) is 31.0 Å². The van der Waals surface area contributed by atoms with E-state index in [0.29, 0.717) is 29.6 Å². The molecule has 0 aliphatic heterocycles. The predicted molar refractivity (Wildman–Crippen MR) is 88.5 cm³/mol. The van der Waals surface area contributed by atoms with Gasteiger partial charge in [0.2, 0.25) is 10.0 Å². The molecule has 0 atom stereocenters. The molecule has 4 nitrogen and oxygen atoms in total. The molecule has 0 fully saturated rings. The Hall–Kier alpha value is -0.330. The van der Waals surface area contributed by atoms with Gasteiger partial charge in [0.05, 0.1) is 5.02 Å². The van der Waals surface area contributed by atoms with E-state index in [1.165, 1.54) is 6.07 Å². The van der Waals surface area contributed by atoms with E-state index in [0.717, 1.165) is 13.0 Å². The van der Waals surface area contributed by atoms with Gasteiger partial charge in [-0.2, -0.15) is 0 Å². The second-order valence-corrected chi connectivity index (χ2v) is 7.72. The summed E-state index contributed by atoms with van der Waals surface area (Å²) in [5.74, 6) is 0.428. The number of rotatable bonds is 8. The minimum atomic E-state index is -3.62. The first-order valence-corrected chi connectivity index (χ1v) is 9.20. The standard InChI is InChI=1S/C14H22Cl2N2O2S/c1-4-17-9-11-12(15)5-6-13(14(11)16)21(19,20)18-8-7-10(2)3/h5-6,10,17-18H,4,7-9H2,1-3H3. The fraction of sp³-hybridized carbons (Fsp3) is 0.571. The van der Waals surface area contributed by atoms with Crippen LogP contribution in [-0.4, -0.2) is 21.5 Å². The highest BCUT2D eigenvalue weighted by Gasteiger charge is 2.21. The maximum absolute atomic E-state index is 12.3. The van der Waals surface area contributed by atoms with Gasteiger partial charge in [-0.1, -0.05) is 44.0 Å². The summed E-state index contributed by atoms with van der Waals surface area (Å²) in [6.45, 7) is 7.60. The highest BCUT2D eigenvalue weighted by Crippen LogP contribution is 2.31. The molecule has 0 bridgehead atoms. The molecule has 0 saturated carbocycles. The monoisotopic (exact) mass is 352 g/mol. The van der Waals surface area contributed by atoms with Crippen LogP contribution in [0.5, 0.6) is 0 Å². The topological polar surface area (TPSA) is 58.2 Å². The summed E-state index contributed by atoms with van der Waals surface area (Å²) in [7, 11) is -3.62. The summed E-state index contributed by atoms with van der Waals surface area (Å²) in [5.41, 5.74) is 0.604. The number of sulfonamides is 1. The van der Waals surface area contributed by atoms with Gasteiger partial charge < -0.3 is 5.32 Å². The second-order valence-electron chi connectivity index (χ2n) is 5.20. The van der Waals surface area contributed by atoms with Crippen LogP contribution in [0.25, 0.3) is 0 Å². The zero-order valence-corrected chi connectivity index (χ0v) is 14.9. The smallest absolute Gasteiger partial charge is 0.242 e. The van der Waals surface area contributed by atoms with Crippen molar-refractivity contribution >= 4 is 33.2 Å². The van der Waals surface area contributed by atoms with Gasteiger partial charge in [-0.3, -0.25) is 0 Å². The van der Waals surface area contributed by atoms with Crippen LogP contribution in [0.2, 0.25) is 10.0 Å². The van der Waals surface area contributed by atoms with Crippen LogP contribution >= 0.6 is 23.2 Å². The molecule has 0 spiro atoms. The number of halogens is 2. The SMILES string of the molecule is CCNCc1c(Cl)ccc(S(=O)(=O)NCCC(C)C)c1Cl. The molecule has 1 aromatic rings. The highest BCUT2D eigenvalue weighted by molar-refractivity contribution is 7.89. The molecule has 0 radical (unpaired) electrons. The zero-order chi connectivity index (χ0) is 16.0. The van der Waals surface area contributed by atoms with Gasteiger partial charge >= 0.3 is 0 Å². The van der Waals surface area contributed by atoms with E-state index in [1.807, 2.05) is 20.8 Å². The quantitative estimate of drug-likeness (QED) is 0.753. The molecule has 0 aliphatic rings. The van der Waals surface area contributed by atoms with Gasteiger partial charge in [0.1, 0.15) is 4.90 Å². The van der Waals surface area contributed by atoms with Crippen LogP contribution in [0.4, 0.5) is 0 Å². The minimum absolute atomic E-state index is 0.0743. The largest absolute Gasteiger partial charge is 0.313 e. The van der Waals surface area contributed by atoms with Crippen molar-refractivity contribution in [3.63, 3.8) is 0 Å². The molecule has 7 heteroatoms. The molecule has 0 aromatic heterocycles. The summed E-state index contributed by atoms with van der Waals surface area (Å²) in [6, 6.07) is 3.01. The Bertz CT molecular complexity index is 575. The Morgan fingerprint density at radius 2 is 1.90 bits per heavy atom. The second kappa shape index (κ2) is 8.34. The van der Waals surface area contributed by atoms with E-state index in [2.05, 4.69) is 10.0 Å². The van der Waals surface area contributed by atoms with Crippen molar-refractivity contribution in [3.8, 4) is 0 Å². The van der Waals surface area contributed by atoms with Gasteiger partial charge in [0.15, 0.2) is 0 Å². The molecule has 0 aliphatic carbocycles. The first-order valence-electron chi connectivity index (χ1n) is 6.96. The van der Waals surface area contributed by atoms with Crippen molar-refractivity contribution < 1.29 is 8.42 Å². The van der Waals surface area contributed by atoms with Crippen LogP contribution in [0, 0.1) is 5.92 Å². The van der Waals surface area contributed by atoms with Crippen molar-refractivity contribution in [2.45, 2.75) is 38.6 Å². The van der Waals surface area contributed by atoms with E-state index in [-0.39, 0.29) is 9.92 Å². The summed E-state index contributed by atoms with van der Waals surface area (Å²) in [4.78, 5) is 0.0743. The number of benzene rings is 1. The Kier molecular flexibility index (Phi) is 7.44. The first-order chi connectivity index (χ1) is 9.79. The van der Waals surface area contributed by atoms with Crippen molar-refractivity contribution in [2.75, 3.05) is 13.1 Å². The Morgan fingerprint density at radius 3 is 2.48 bits per heavy atom.